The summed E-state index contributed by atoms with van der Waals surface area (Å²) in [5.41, 5.74) is 1.78. The molecule has 1 saturated heterocycles. The number of aryl methyl sites for hydroxylation is 1. The highest BCUT2D eigenvalue weighted by atomic mass is 127. The van der Waals surface area contributed by atoms with Crippen LogP contribution in [0.1, 0.15) is 19.2 Å². The molecule has 9 heteroatoms. The first-order valence-corrected chi connectivity index (χ1v) is 10.6. The highest BCUT2D eigenvalue weighted by Gasteiger charge is 2.21. The van der Waals surface area contributed by atoms with E-state index in [0.717, 1.165) is 75.2 Å². The molecular weight excluding hydrogens is 505 g/mol. The molecule has 0 bridgehead atoms. The van der Waals surface area contributed by atoms with Crippen LogP contribution >= 0.6 is 24.0 Å². The van der Waals surface area contributed by atoms with E-state index in [4.69, 9.17) is 4.99 Å². The van der Waals surface area contributed by atoms with E-state index in [1.165, 1.54) is 0 Å². The van der Waals surface area contributed by atoms with Gasteiger partial charge in [0.1, 0.15) is 11.6 Å². The minimum absolute atomic E-state index is 0. The molecule has 1 fully saturated rings. The first-order valence-electron chi connectivity index (χ1n) is 10.6. The largest absolute Gasteiger partial charge is 0.506 e. The molecule has 1 aromatic carbocycles. The topological polar surface area (TPSA) is 81.3 Å². The number of aliphatic imine (C=N–C) groups is 1. The molecule has 166 valence electrons. The lowest BCUT2D eigenvalue weighted by Crippen LogP contribution is -2.52. The number of hydrogen-bond acceptors (Lipinski definition) is 5. The Balaban J connectivity index is 0.00000272. The molecule has 2 aromatic heterocycles. The number of anilines is 1. The number of hydrogen-bond donors (Lipinski definition) is 2. The SMILES string of the molecule is CCNC(=NCCCc1nnc2ccccn12)N1CCN(c2ccccc2O)CC1.I. The van der Waals surface area contributed by atoms with E-state index in [1.54, 1.807) is 6.07 Å². The number of pyridine rings is 1. The van der Waals surface area contributed by atoms with Gasteiger partial charge in [0, 0.05) is 51.9 Å². The molecule has 1 aliphatic heterocycles. The molecular formula is C22H30IN7O. The number of aromatic hydroxyl groups is 1. The van der Waals surface area contributed by atoms with Gasteiger partial charge in [0.25, 0.3) is 0 Å². The minimum atomic E-state index is 0. The van der Waals surface area contributed by atoms with E-state index in [-0.39, 0.29) is 24.0 Å². The van der Waals surface area contributed by atoms with Crippen LogP contribution in [0, 0.1) is 0 Å². The van der Waals surface area contributed by atoms with Crippen molar-refractivity contribution in [2.75, 3.05) is 44.2 Å². The zero-order chi connectivity index (χ0) is 20.8. The fraction of sp³-hybridized carbons (Fsp3) is 0.409. The molecule has 3 aromatic rings. The Labute approximate surface area is 200 Å². The Hall–Kier alpha value is -2.56. The summed E-state index contributed by atoms with van der Waals surface area (Å²) in [5, 5.41) is 22.0. The fourth-order valence-corrected chi connectivity index (χ4v) is 3.80. The van der Waals surface area contributed by atoms with Gasteiger partial charge in [0.2, 0.25) is 0 Å². The van der Waals surface area contributed by atoms with Crippen molar-refractivity contribution in [3.63, 3.8) is 0 Å². The number of aromatic nitrogens is 3. The summed E-state index contributed by atoms with van der Waals surface area (Å²) in [6, 6.07) is 13.5. The van der Waals surface area contributed by atoms with Gasteiger partial charge in [0.15, 0.2) is 11.6 Å². The smallest absolute Gasteiger partial charge is 0.194 e. The van der Waals surface area contributed by atoms with Gasteiger partial charge in [-0.2, -0.15) is 0 Å². The quantitative estimate of drug-likeness (QED) is 0.219. The third-order valence-electron chi connectivity index (χ3n) is 5.34. The van der Waals surface area contributed by atoms with Crippen molar-refractivity contribution >= 4 is 41.3 Å². The maximum absolute atomic E-state index is 10.1. The van der Waals surface area contributed by atoms with Crippen molar-refractivity contribution in [2.45, 2.75) is 19.8 Å². The van der Waals surface area contributed by atoms with Gasteiger partial charge in [-0.05, 0) is 37.6 Å². The van der Waals surface area contributed by atoms with E-state index in [9.17, 15) is 5.11 Å². The molecule has 3 heterocycles. The summed E-state index contributed by atoms with van der Waals surface area (Å²) >= 11 is 0. The summed E-state index contributed by atoms with van der Waals surface area (Å²) in [4.78, 5) is 9.36. The molecule has 0 atom stereocenters. The monoisotopic (exact) mass is 535 g/mol. The standard InChI is InChI=1S/C22H29N7O.HI/c1-2-23-22(24-12-7-11-21-26-25-20-10-5-6-13-29(20)21)28-16-14-27(15-17-28)18-8-3-4-9-19(18)30;/h3-6,8-10,13,30H,2,7,11-12,14-17H2,1H3,(H,23,24);1H. The van der Waals surface area contributed by atoms with Crippen LogP contribution in [0.3, 0.4) is 0 Å². The maximum Gasteiger partial charge on any atom is 0.194 e. The average Bonchev–Trinajstić information content (AvgIpc) is 3.20. The predicted octanol–water partition coefficient (Wildman–Crippen LogP) is 2.77. The lowest BCUT2D eigenvalue weighted by Gasteiger charge is -2.37. The second-order valence-electron chi connectivity index (χ2n) is 7.35. The van der Waals surface area contributed by atoms with Gasteiger partial charge in [0.05, 0.1) is 5.69 Å². The zero-order valence-electron chi connectivity index (χ0n) is 17.8. The molecule has 0 aliphatic carbocycles. The number of benzene rings is 1. The Morgan fingerprint density at radius 2 is 1.84 bits per heavy atom. The molecule has 8 nitrogen and oxygen atoms in total. The number of guanidine groups is 1. The first kappa shape index (κ1) is 23.1. The molecule has 2 N–H and O–H groups in total. The van der Waals surface area contributed by atoms with Crippen LogP contribution in [-0.2, 0) is 6.42 Å². The van der Waals surface area contributed by atoms with Gasteiger partial charge >= 0.3 is 0 Å². The van der Waals surface area contributed by atoms with E-state index in [1.807, 2.05) is 47.0 Å². The Bertz CT molecular complexity index is 998. The second kappa shape index (κ2) is 11.2. The van der Waals surface area contributed by atoms with Crippen molar-refractivity contribution in [1.29, 1.82) is 0 Å². The Morgan fingerprint density at radius 3 is 2.61 bits per heavy atom. The van der Waals surface area contributed by atoms with Crippen LogP contribution in [-0.4, -0.2) is 69.8 Å². The number of piperazine rings is 1. The van der Waals surface area contributed by atoms with E-state index < -0.39 is 0 Å². The number of para-hydroxylation sites is 2. The fourth-order valence-electron chi connectivity index (χ4n) is 3.80. The predicted molar refractivity (Wildman–Crippen MR) is 135 cm³/mol. The lowest BCUT2D eigenvalue weighted by atomic mass is 10.2. The molecule has 0 unspecified atom stereocenters. The highest BCUT2D eigenvalue weighted by molar-refractivity contribution is 14.0. The van der Waals surface area contributed by atoms with Gasteiger partial charge in [-0.15, -0.1) is 34.2 Å². The molecule has 1 aliphatic rings. The number of nitrogens with one attached hydrogen (secondary N) is 1. The van der Waals surface area contributed by atoms with Gasteiger partial charge < -0.3 is 20.2 Å². The Kier molecular flexibility index (Phi) is 8.33. The van der Waals surface area contributed by atoms with E-state index >= 15 is 0 Å². The molecule has 0 amide bonds. The lowest BCUT2D eigenvalue weighted by molar-refractivity contribution is 0.369. The summed E-state index contributed by atoms with van der Waals surface area (Å²) in [5.74, 6) is 2.27. The van der Waals surface area contributed by atoms with Gasteiger partial charge in [-0.25, -0.2) is 0 Å². The normalized spacial score (nSPS) is 14.5. The van der Waals surface area contributed by atoms with Crippen LogP contribution in [0.15, 0.2) is 53.7 Å². The minimum Gasteiger partial charge on any atom is -0.506 e. The highest BCUT2D eigenvalue weighted by Crippen LogP contribution is 2.27. The number of fused-ring (bicyclic) bond motifs is 1. The van der Waals surface area contributed by atoms with E-state index in [0.29, 0.717) is 5.75 Å². The summed E-state index contributed by atoms with van der Waals surface area (Å²) in [6.07, 6.45) is 3.76. The van der Waals surface area contributed by atoms with Crippen LogP contribution < -0.4 is 10.2 Å². The molecule has 0 spiro atoms. The van der Waals surface area contributed by atoms with Crippen LogP contribution in [0.25, 0.3) is 5.65 Å². The Morgan fingerprint density at radius 1 is 1.06 bits per heavy atom. The summed E-state index contributed by atoms with van der Waals surface area (Å²) in [7, 11) is 0. The van der Waals surface area contributed by atoms with Crippen molar-refractivity contribution in [3.05, 3.63) is 54.5 Å². The molecule has 0 radical (unpaired) electrons. The van der Waals surface area contributed by atoms with E-state index in [2.05, 4.69) is 32.2 Å². The van der Waals surface area contributed by atoms with Crippen molar-refractivity contribution in [2.24, 2.45) is 4.99 Å². The van der Waals surface area contributed by atoms with Crippen molar-refractivity contribution < 1.29 is 5.11 Å². The summed E-state index contributed by atoms with van der Waals surface area (Å²) < 4.78 is 2.03. The third kappa shape index (κ3) is 5.57. The number of phenolic OH excluding ortho intramolecular Hbond substituents is 1. The van der Waals surface area contributed by atoms with Crippen LogP contribution in [0.4, 0.5) is 5.69 Å². The second-order valence-corrected chi connectivity index (χ2v) is 7.35. The van der Waals surface area contributed by atoms with Gasteiger partial charge in [-0.1, -0.05) is 18.2 Å². The average molecular weight is 535 g/mol. The molecule has 0 saturated carbocycles. The molecule has 4 rings (SSSR count). The number of halogens is 1. The summed E-state index contributed by atoms with van der Waals surface area (Å²) in [6.45, 7) is 7.12. The molecule has 31 heavy (non-hydrogen) atoms. The number of nitrogens with zero attached hydrogens (tertiary/aromatic N) is 6. The maximum atomic E-state index is 10.1. The van der Waals surface area contributed by atoms with Crippen LogP contribution in [0.5, 0.6) is 5.75 Å². The van der Waals surface area contributed by atoms with Crippen molar-refractivity contribution in [1.82, 2.24) is 24.8 Å². The van der Waals surface area contributed by atoms with Crippen molar-refractivity contribution in [3.8, 4) is 5.75 Å². The van der Waals surface area contributed by atoms with Gasteiger partial charge in [-0.3, -0.25) is 9.39 Å². The first-order chi connectivity index (χ1) is 14.8. The number of rotatable bonds is 6. The number of phenols is 1. The third-order valence-corrected chi connectivity index (χ3v) is 5.34. The zero-order valence-corrected chi connectivity index (χ0v) is 20.1. The van der Waals surface area contributed by atoms with Crippen LogP contribution in [0.2, 0.25) is 0 Å².